The third-order valence-corrected chi connectivity index (χ3v) is 7.70. The highest BCUT2D eigenvalue weighted by Crippen LogP contribution is 2.42. The van der Waals surface area contributed by atoms with Crippen LogP contribution < -0.4 is 10.6 Å². The lowest BCUT2D eigenvalue weighted by molar-refractivity contribution is -0.892. The van der Waals surface area contributed by atoms with E-state index < -0.39 is 0 Å². The van der Waals surface area contributed by atoms with Gasteiger partial charge in [0.05, 0.1) is 12.5 Å². The van der Waals surface area contributed by atoms with Crippen LogP contribution in [0.2, 0.25) is 0 Å². The molecule has 0 spiro atoms. The predicted molar refractivity (Wildman–Crippen MR) is 138 cm³/mol. The van der Waals surface area contributed by atoms with E-state index in [2.05, 4.69) is 80.1 Å². The van der Waals surface area contributed by atoms with Gasteiger partial charge < -0.3 is 15.4 Å². The number of nitrogens with one attached hydrogen (secondary N) is 1. The minimum atomic E-state index is -0.177. The number of allylic oxidation sites excluding steroid dienone is 1. The van der Waals surface area contributed by atoms with Crippen molar-refractivity contribution in [2.75, 3.05) is 32.1 Å². The summed E-state index contributed by atoms with van der Waals surface area (Å²) in [5, 5.41) is 9.99. The summed E-state index contributed by atoms with van der Waals surface area (Å²) in [4.78, 5) is 3.93. The second-order valence-electron chi connectivity index (χ2n) is 8.35. The van der Waals surface area contributed by atoms with Gasteiger partial charge in [-0.25, -0.2) is 0 Å². The van der Waals surface area contributed by atoms with E-state index in [0.29, 0.717) is 5.57 Å². The van der Waals surface area contributed by atoms with Gasteiger partial charge in [-0.15, -0.1) is 23.5 Å². The normalized spacial score (nSPS) is 21.6. The minimum Gasteiger partial charge on any atom is -0.440 e. The Kier molecular flexibility index (Phi) is 7.54. The number of ether oxygens (including phenoxy) is 1. The van der Waals surface area contributed by atoms with Crippen LogP contribution in [0.1, 0.15) is 30.4 Å². The van der Waals surface area contributed by atoms with Gasteiger partial charge in [-0.05, 0) is 60.4 Å². The highest BCUT2D eigenvalue weighted by Gasteiger charge is 2.39. The average molecular weight is 477 g/mol. The molecule has 0 saturated heterocycles. The van der Waals surface area contributed by atoms with Gasteiger partial charge in [0, 0.05) is 20.9 Å². The number of benzene rings is 2. The van der Waals surface area contributed by atoms with Crippen LogP contribution in [0.5, 0.6) is 0 Å². The molecular weight excluding hydrogens is 446 g/mol. The number of rotatable bonds is 6. The average Bonchev–Trinajstić information content (AvgIpc) is 2.84. The molecule has 0 amide bonds. The second-order valence-corrected chi connectivity index (χ2v) is 10.1. The molecule has 4 nitrogen and oxygen atoms in total. The summed E-state index contributed by atoms with van der Waals surface area (Å²) >= 11 is 3.45. The van der Waals surface area contributed by atoms with Crippen molar-refractivity contribution in [3.05, 3.63) is 88.0 Å². The molecule has 3 N–H and O–H groups in total. The zero-order valence-electron chi connectivity index (χ0n) is 19.4. The Balaban J connectivity index is 1.82. The van der Waals surface area contributed by atoms with E-state index >= 15 is 0 Å². The van der Waals surface area contributed by atoms with E-state index in [1.165, 1.54) is 14.7 Å². The number of quaternary nitrogens is 1. The van der Waals surface area contributed by atoms with Crippen molar-refractivity contribution in [2.45, 2.75) is 29.1 Å². The van der Waals surface area contributed by atoms with E-state index in [4.69, 9.17) is 10.5 Å². The van der Waals surface area contributed by atoms with Gasteiger partial charge in [-0.1, -0.05) is 31.2 Å². The smallest absolute Gasteiger partial charge is 0.205 e. The molecule has 2 heterocycles. The quantitative estimate of drug-likeness (QED) is 0.598. The third-order valence-electron chi connectivity index (χ3n) is 6.21. The fourth-order valence-electron chi connectivity index (χ4n) is 4.65. The van der Waals surface area contributed by atoms with Crippen LogP contribution in [0.15, 0.2) is 86.7 Å². The van der Waals surface area contributed by atoms with Crippen LogP contribution in [-0.2, 0) is 4.74 Å². The molecule has 33 heavy (non-hydrogen) atoms. The summed E-state index contributed by atoms with van der Waals surface area (Å²) in [6, 6.07) is 19.4. The Labute approximate surface area is 205 Å². The lowest BCUT2D eigenvalue weighted by Gasteiger charge is -2.36. The van der Waals surface area contributed by atoms with Crippen LogP contribution in [-0.4, -0.2) is 32.1 Å². The second kappa shape index (κ2) is 10.6. The third kappa shape index (κ3) is 5.01. The molecule has 170 valence electrons. The molecule has 2 aromatic rings. The molecule has 6 heteroatoms. The van der Waals surface area contributed by atoms with Crippen molar-refractivity contribution < 1.29 is 9.64 Å². The zero-order chi connectivity index (χ0) is 23.4. The van der Waals surface area contributed by atoms with Gasteiger partial charge >= 0.3 is 0 Å². The molecule has 2 aliphatic rings. The molecule has 4 rings (SSSR count). The van der Waals surface area contributed by atoms with Crippen LogP contribution in [0.3, 0.4) is 0 Å². The fraction of sp³-hybridized carbons (Fsp3) is 0.296. The first-order chi connectivity index (χ1) is 16.1. The summed E-state index contributed by atoms with van der Waals surface area (Å²) in [7, 11) is 0. The maximum atomic E-state index is 9.99. The highest BCUT2D eigenvalue weighted by atomic mass is 32.2. The molecule has 2 aromatic carbocycles. The first kappa shape index (κ1) is 23.6. The van der Waals surface area contributed by atoms with E-state index in [0.717, 1.165) is 54.1 Å². The van der Waals surface area contributed by atoms with Crippen molar-refractivity contribution in [3.63, 3.8) is 0 Å². The standard InChI is InChI=1S/C27H29N3OS2/c1-4-13-30-16-20(14-18-5-9-21(32-2)10-6-18)26-24(17-30)25(23(15-28)27(29)31-26)19-7-11-22(33-3)12-8-19/h5-12,14,25H,4,13,16-17,29H2,1-3H3/p+1/b20-14-/t25-/m1/s1. The van der Waals surface area contributed by atoms with Crippen molar-refractivity contribution >= 4 is 29.6 Å². The molecule has 0 fully saturated rings. The van der Waals surface area contributed by atoms with Gasteiger partial charge in [0.1, 0.15) is 30.5 Å². The van der Waals surface area contributed by atoms with Crippen LogP contribution >= 0.6 is 23.5 Å². The maximum Gasteiger partial charge on any atom is 0.205 e. The Bertz CT molecular complexity index is 1140. The maximum absolute atomic E-state index is 9.99. The molecule has 2 aliphatic heterocycles. The SMILES string of the molecule is CCC[NH+]1CC2=C(OC(N)=C(C#N)[C@H]2c2ccc(SC)cc2)/C(=C\c2ccc(SC)cc2)C1. The van der Waals surface area contributed by atoms with Crippen LogP contribution in [0, 0.1) is 11.3 Å². The van der Waals surface area contributed by atoms with Crippen LogP contribution in [0.25, 0.3) is 6.08 Å². The first-order valence-corrected chi connectivity index (χ1v) is 13.7. The summed E-state index contributed by atoms with van der Waals surface area (Å²) < 4.78 is 6.17. The minimum absolute atomic E-state index is 0.177. The number of nitrogens with two attached hydrogens (primary N) is 1. The van der Waals surface area contributed by atoms with Gasteiger partial charge in [0.25, 0.3) is 0 Å². The van der Waals surface area contributed by atoms with Crippen molar-refractivity contribution in [1.82, 2.24) is 0 Å². The largest absolute Gasteiger partial charge is 0.440 e. The number of hydrogen-bond donors (Lipinski definition) is 2. The van der Waals surface area contributed by atoms with Gasteiger partial charge in [-0.3, -0.25) is 0 Å². The molecule has 0 saturated carbocycles. The summed E-state index contributed by atoms with van der Waals surface area (Å²) in [5.41, 5.74) is 11.4. The summed E-state index contributed by atoms with van der Waals surface area (Å²) in [6.45, 7) is 5.01. The molecule has 0 radical (unpaired) electrons. The zero-order valence-corrected chi connectivity index (χ0v) is 21.0. The number of nitriles is 1. The number of hydrogen-bond acceptors (Lipinski definition) is 5. The lowest BCUT2D eigenvalue weighted by atomic mass is 9.80. The Morgan fingerprint density at radius 1 is 1.06 bits per heavy atom. The molecule has 0 aromatic heterocycles. The molecular formula is C27H30N3OS2+. The van der Waals surface area contributed by atoms with E-state index in [1.807, 2.05) is 0 Å². The van der Waals surface area contributed by atoms with Crippen molar-refractivity contribution in [2.24, 2.45) is 5.73 Å². The fourth-order valence-corrected chi connectivity index (χ4v) is 5.46. The van der Waals surface area contributed by atoms with E-state index in [-0.39, 0.29) is 11.8 Å². The predicted octanol–water partition coefficient (Wildman–Crippen LogP) is 4.58. The molecule has 0 bridgehead atoms. The van der Waals surface area contributed by atoms with E-state index in [1.54, 1.807) is 23.5 Å². The molecule has 2 atom stereocenters. The van der Waals surface area contributed by atoms with Crippen molar-refractivity contribution in [3.8, 4) is 6.07 Å². The van der Waals surface area contributed by atoms with Gasteiger partial charge in [0.15, 0.2) is 0 Å². The van der Waals surface area contributed by atoms with E-state index in [9.17, 15) is 5.26 Å². The van der Waals surface area contributed by atoms with Crippen molar-refractivity contribution in [1.29, 1.82) is 5.26 Å². The Hall–Kier alpha value is -2.59. The Morgan fingerprint density at radius 3 is 2.27 bits per heavy atom. The lowest BCUT2D eigenvalue weighted by Crippen LogP contribution is -3.13. The van der Waals surface area contributed by atoms with Crippen LogP contribution in [0.4, 0.5) is 0 Å². The van der Waals surface area contributed by atoms with Gasteiger partial charge in [0.2, 0.25) is 5.88 Å². The number of thioether (sulfide) groups is 2. The van der Waals surface area contributed by atoms with Gasteiger partial charge in [-0.2, -0.15) is 5.26 Å². The first-order valence-electron chi connectivity index (χ1n) is 11.2. The Morgan fingerprint density at radius 2 is 1.70 bits per heavy atom. The molecule has 1 unspecified atom stereocenters. The number of nitrogens with zero attached hydrogens (tertiary/aromatic N) is 1. The molecule has 0 aliphatic carbocycles. The highest BCUT2D eigenvalue weighted by molar-refractivity contribution is 7.98. The monoisotopic (exact) mass is 476 g/mol. The topological polar surface area (TPSA) is 63.5 Å². The summed E-state index contributed by atoms with van der Waals surface area (Å²) in [5.74, 6) is 0.890. The summed E-state index contributed by atoms with van der Waals surface area (Å²) in [6.07, 6.45) is 7.47.